The van der Waals surface area contributed by atoms with Crippen LogP contribution in [0.25, 0.3) is 6.08 Å². The van der Waals surface area contributed by atoms with Crippen LogP contribution in [0.5, 0.6) is 0 Å². The van der Waals surface area contributed by atoms with Crippen LogP contribution >= 0.6 is 0 Å². The molecule has 0 radical (unpaired) electrons. The zero-order valence-electron chi connectivity index (χ0n) is 9.40. The summed E-state index contributed by atoms with van der Waals surface area (Å²) in [5.41, 5.74) is 1.30. The topological polar surface area (TPSA) is 43.4 Å². The highest BCUT2D eigenvalue weighted by Crippen LogP contribution is 2.08. The molecule has 0 bridgehead atoms. The van der Waals surface area contributed by atoms with Crippen molar-refractivity contribution in [3.05, 3.63) is 41.5 Å². The molecule has 1 rings (SSSR count). The van der Waals surface area contributed by atoms with Gasteiger partial charge >= 0.3 is 5.97 Å². The molecule has 16 heavy (non-hydrogen) atoms. The third-order valence-electron chi connectivity index (χ3n) is 1.91. The maximum absolute atomic E-state index is 11.4. The molecule has 0 unspecified atom stereocenters. The van der Waals surface area contributed by atoms with Crippen LogP contribution in [0.3, 0.4) is 0 Å². The number of benzene rings is 1. The standard InChI is InChI=1S/C13H14O3/c1-3-16-13(15)12-6-4-5-11(9-12)8-7-10(2)14/h4-9H,3H2,1-2H3/b8-7-. The lowest BCUT2D eigenvalue weighted by atomic mass is 10.1. The Morgan fingerprint density at radius 1 is 1.38 bits per heavy atom. The predicted octanol–water partition coefficient (Wildman–Crippen LogP) is 2.47. The third kappa shape index (κ3) is 3.69. The van der Waals surface area contributed by atoms with Crippen molar-refractivity contribution < 1.29 is 14.3 Å². The van der Waals surface area contributed by atoms with Gasteiger partial charge in [0.2, 0.25) is 0 Å². The number of ether oxygens (including phenoxy) is 1. The van der Waals surface area contributed by atoms with Gasteiger partial charge in [0, 0.05) is 0 Å². The highest BCUT2D eigenvalue weighted by atomic mass is 16.5. The minimum Gasteiger partial charge on any atom is -0.462 e. The third-order valence-corrected chi connectivity index (χ3v) is 1.91. The molecule has 0 aliphatic rings. The minimum atomic E-state index is -0.347. The van der Waals surface area contributed by atoms with Gasteiger partial charge in [0.15, 0.2) is 5.78 Å². The SMILES string of the molecule is CCOC(=O)c1cccc(/C=C\C(C)=O)c1. The van der Waals surface area contributed by atoms with E-state index in [1.165, 1.54) is 13.0 Å². The average molecular weight is 218 g/mol. The smallest absolute Gasteiger partial charge is 0.338 e. The molecular formula is C13H14O3. The van der Waals surface area contributed by atoms with Crippen molar-refractivity contribution in [1.29, 1.82) is 0 Å². The van der Waals surface area contributed by atoms with Gasteiger partial charge in [-0.05, 0) is 37.6 Å². The van der Waals surface area contributed by atoms with Crippen LogP contribution in [0.1, 0.15) is 29.8 Å². The first-order valence-corrected chi connectivity index (χ1v) is 5.09. The van der Waals surface area contributed by atoms with Gasteiger partial charge < -0.3 is 4.74 Å². The molecule has 0 amide bonds. The molecule has 0 spiro atoms. The van der Waals surface area contributed by atoms with E-state index >= 15 is 0 Å². The monoisotopic (exact) mass is 218 g/mol. The van der Waals surface area contributed by atoms with Crippen molar-refractivity contribution in [2.75, 3.05) is 6.61 Å². The normalized spacial score (nSPS) is 10.4. The second kappa shape index (κ2) is 5.85. The van der Waals surface area contributed by atoms with Crippen LogP contribution in [0.15, 0.2) is 30.3 Å². The van der Waals surface area contributed by atoms with Crippen molar-refractivity contribution in [3.63, 3.8) is 0 Å². The summed E-state index contributed by atoms with van der Waals surface area (Å²) in [5, 5.41) is 0. The maximum Gasteiger partial charge on any atom is 0.338 e. The van der Waals surface area contributed by atoms with E-state index in [-0.39, 0.29) is 11.8 Å². The summed E-state index contributed by atoms with van der Waals surface area (Å²) in [6.45, 7) is 3.59. The molecule has 3 heteroatoms. The van der Waals surface area contributed by atoms with Crippen molar-refractivity contribution in [3.8, 4) is 0 Å². The van der Waals surface area contributed by atoms with Crippen LogP contribution in [0.2, 0.25) is 0 Å². The molecule has 0 aromatic heterocycles. The fraction of sp³-hybridized carbons (Fsp3) is 0.231. The van der Waals surface area contributed by atoms with Crippen LogP contribution in [-0.4, -0.2) is 18.4 Å². The minimum absolute atomic E-state index is 0.0264. The first-order valence-electron chi connectivity index (χ1n) is 5.09. The van der Waals surface area contributed by atoms with Crippen LogP contribution in [0.4, 0.5) is 0 Å². The Hall–Kier alpha value is -1.90. The molecule has 0 fully saturated rings. The Morgan fingerprint density at radius 3 is 2.75 bits per heavy atom. The zero-order valence-corrected chi connectivity index (χ0v) is 9.40. The van der Waals surface area contributed by atoms with Gasteiger partial charge in [-0.3, -0.25) is 4.79 Å². The second-order valence-electron chi connectivity index (χ2n) is 3.29. The van der Waals surface area contributed by atoms with E-state index in [2.05, 4.69) is 0 Å². The van der Waals surface area contributed by atoms with Gasteiger partial charge in [0.05, 0.1) is 12.2 Å². The summed E-state index contributed by atoms with van der Waals surface area (Å²) in [5.74, 6) is -0.373. The van der Waals surface area contributed by atoms with Gasteiger partial charge in [0.1, 0.15) is 0 Å². The maximum atomic E-state index is 11.4. The van der Waals surface area contributed by atoms with E-state index in [1.807, 2.05) is 6.07 Å². The number of rotatable bonds is 4. The Balaban J connectivity index is 2.86. The summed E-state index contributed by atoms with van der Waals surface area (Å²) in [7, 11) is 0. The largest absolute Gasteiger partial charge is 0.462 e. The molecule has 1 aromatic rings. The highest BCUT2D eigenvalue weighted by molar-refractivity contribution is 5.93. The van der Waals surface area contributed by atoms with E-state index in [1.54, 1.807) is 31.2 Å². The number of esters is 1. The molecule has 0 saturated carbocycles. The molecule has 0 heterocycles. The molecule has 0 N–H and O–H groups in total. The van der Waals surface area contributed by atoms with Gasteiger partial charge in [-0.15, -0.1) is 0 Å². The van der Waals surface area contributed by atoms with Crippen LogP contribution in [0, 0.1) is 0 Å². The number of allylic oxidation sites excluding steroid dienone is 1. The molecule has 0 aliphatic carbocycles. The van der Waals surface area contributed by atoms with Gasteiger partial charge in [0.25, 0.3) is 0 Å². The zero-order chi connectivity index (χ0) is 12.0. The Kier molecular flexibility index (Phi) is 4.45. The molecule has 1 aromatic carbocycles. The van der Waals surface area contributed by atoms with E-state index in [4.69, 9.17) is 4.74 Å². The van der Waals surface area contributed by atoms with E-state index < -0.39 is 0 Å². The Bertz CT molecular complexity index is 419. The van der Waals surface area contributed by atoms with E-state index in [0.29, 0.717) is 12.2 Å². The molecule has 0 aliphatic heterocycles. The van der Waals surface area contributed by atoms with E-state index in [9.17, 15) is 9.59 Å². The summed E-state index contributed by atoms with van der Waals surface area (Å²) < 4.78 is 4.88. The van der Waals surface area contributed by atoms with Gasteiger partial charge in [-0.25, -0.2) is 4.79 Å². The molecule has 84 valence electrons. The molecule has 0 atom stereocenters. The van der Waals surface area contributed by atoms with E-state index in [0.717, 1.165) is 5.56 Å². The first kappa shape index (κ1) is 12.2. The second-order valence-corrected chi connectivity index (χ2v) is 3.29. The van der Waals surface area contributed by atoms with Crippen LogP contribution < -0.4 is 0 Å². The number of hydrogen-bond donors (Lipinski definition) is 0. The van der Waals surface area contributed by atoms with Crippen molar-refractivity contribution in [2.45, 2.75) is 13.8 Å². The Morgan fingerprint density at radius 2 is 2.12 bits per heavy atom. The summed E-state index contributed by atoms with van der Waals surface area (Å²) in [4.78, 5) is 22.2. The summed E-state index contributed by atoms with van der Waals surface area (Å²) >= 11 is 0. The highest BCUT2D eigenvalue weighted by Gasteiger charge is 2.05. The number of carbonyl (C=O) groups is 2. The lowest BCUT2D eigenvalue weighted by Crippen LogP contribution is -2.04. The lowest BCUT2D eigenvalue weighted by Gasteiger charge is -2.02. The summed E-state index contributed by atoms with van der Waals surface area (Å²) in [6.07, 6.45) is 3.13. The number of ketones is 1. The fourth-order valence-electron chi connectivity index (χ4n) is 1.20. The first-order chi connectivity index (χ1) is 7.63. The van der Waals surface area contributed by atoms with Crippen molar-refractivity contribution >= 4 is 17.8 Å². The molecular weight excluding hydrogens is 204 g/mol. The number of carbonyl (C=O) groups excluding carboxylic acids is 2. The van der Waals surface area contributed by atoms with Gasteiger partial charge in [-0.1, -0.05) is 18.2 Å². The molecule has 0 saturated heterocycles. The average Bonchev–Trinajstić information content (AvgIpc) is 2.27. The summed E-state index contributed by atoms with van der Waals surface area (Å²) in [6, 6.07) is 6.95. The molecule has 3 nitrogen and oxygen atoms in total. The van der Waals surface area contributed by atoms with Gasteiger partial charge in [-0.2, -0.15) is 0 Å². The van der Waals surface area contributed by atoms with Crippen LogP contribution in [-0.2, 0) is 9.53 Å². The lowest BCUT2D eigenvalue weighted by molar-refractivity contribution is -0.112. The van der Waals surface area contributed by atoms with Crippen molar-refractivity contribution in [2.24, 2.45) is 0 Å². The predicted molar refractivity (Wildman–Crippen MR) is 62.1 cm³/mol. The number of hydrogen-bond acceptors (Lipinski definition) is 3. The Labute approximate surface area is 94.7 Å². The van der Waals surface area contributed by atoms with Crippen molar-refractivity contribution in [1.82, 2.24) is 0 Å². The quantitative estimate of drug-likeness (QED) is 0.576. The fourth-order valence-corrected chi connectivity index (χ4v) is 1.20.